The minimum atomic E-state index is -3.71. The summed E-state index contributed by atoms with van der Waals surface area (Å²) in [6.45, 7) is -3.32. The quantitative estimate of drug-likeness (QED) is 0.494. The fourth-order valence-electron chi connectivity index (χ4n) is 3.16. The highest BCUT2D eigenvalue weighted by atomic mass is 32.5. The van der Waals surface area contributed by atoms with Crippen LogP contribution in [0, 0.1) is 0 Å². The lowest BCUT2D eigenvalue weighted by atomic mass is 10.2. The normalized spacial score (nSPS) is 19.5. The van der Waals surface area contributed by atoms with Crippen molar-refractivity contribution in [3.63, 3.8) is 0 Å². The number of amides is 1. The Balaban J connectivity index is 1.51. The summed E-state index contributed by atoms with van der Waals surface area (Å²) in [5.41, 5.74) is 1.55. The molecule has 1 aliphatic rings. The highest BCUT2D eigenvalue weighted by Crippen LogP contribution is 2.38. The number of fused-ring (bicyclic) bond motifs is 1. The van der Waals surface area contributed by atoms with Gasteiger partial charge in [-0.05, 0) is 30.4 Å². The van der Waals surface area contributed by atoms with Gasteiger partial charge < -0.3 is 28.9 Å². The van der Waals surface area contributed by atoms with E-state index >= 15 is 0 Å². The second kappa shape index (κ2) is 8.23. The van der Waals surface area contributed by atoms with Crippen molar-refractivity contribution in [2.75, 3.05) is 18.5 Å². The molecule has 0 bridgehead atoms. The van der Waals surface area contributed by atoms with Crippen LogP contribution in [0.4, 0.5) is 5.82 Å². The van der Waals surface area contributed by atoms with E-state index in [0.29, 0.717) is 35.6 Å². The van der Waals surface area contributed by atoms with E-state index in [9.17, 15) is 14.6 Å². The van der Waals surface area contributed by atoms with Crippen LogP contribution in [0.3, 0.4) is 0 Å². The van der Waals surface area contributed by atoms with Crippen molar-refractivity contribution in [2.45, 2.75) is 18.6 Å². The number of imidazole rings is 1. The Labute approximate surface area is 170 Å². The first kappa shape index (κ1) is 20.0. The molecule has 29 heavy (non-hydrogen) atoms. The maximum absolute atomic E-state index is 12.4. The number of carbonyl (C=O) groups excluding carboxylic acids is 1. The van der Waals surface area contributed by atoms with Crippen LogP contribution in [0.1, 0.15) is 22.8 Å². The molecule has 0 radical (unpaired) electrons. The van der Waals surface area contributed by atoms with Gasteiger partial charge in [-0.15, -0.1) is 0 Å². The molecule has 0 saturated carbocycles. The van der Waals surface area contributed by atoms with Crippen LogP contribution in [0.2, 0.25) is 0 Å². The Morgan fingerprint density at radius 1 is 1.31 bits per heavy atom. The Hall–Kier alpha value is -2.27. The summed E-state index contributed by atoms with van der Waals surface area (Å²) < 4.78 is 12.4. The van der Waals surface area contributed by atoms with Crippen LogP contribution < -0.4 is 5.32 Å². The number of benzene rings is 1. The number of hydrogen-bond acceptors (Lipinski definition) is 7. The van der Waals surface area contributed by atoms with Gasteiger partial charge in [0, 0.05) is 5.56 Å². The summed E-state index contributed by atoms with van der Waals surface area (Å²) in [6.07, 6.45) is 3.23. The fourth-order valence-corrected chi connectivity index (χ4v) is 3.70. The third-order valence-electron chi connectivity index (χ3n) is 4.51. The summed E-state index contributed by atoms with van der Waals surface area (Å²) in [4.78, 5) is 43.6. The number of aromatic nitrogens is 4. The molecule has 3 aromatic rings. The number of nitrogens with one attached hydrogen (secondary N) is 1. The molecule has 4 rings (SSSR count). The predicted molar refractivity (Wildman–Crippen MR) is 108 cm³/mol. The fraction of sp³-hybridized carbons (Fsp3) is 0.294. The van der Waals surface area contributed by atoms with E-state index in [0.717, 1.165) is 0 Å². The topological polar surface area (TPSA) is 132 Å². The molecule has 1 fully saturated rings. The maximum atomic E-state index is 12.4. The lowest BCUT2D eigenvalue weighted by Gasteiger charge is -2.13. The summed E-state index contributed by atoms with van der Waals surface area (Å²) in [6, 6.07) is 8.75. The summed E-state index contributed by atoms with van der Waals surface area (Å²) in [7, 11) is 0. The largest absolute Gasteiger partial charge is 0.374 e. The summed E-state index contributed by atoms with van der Waals surface area (Å²) >= 11 is 4.45. The number of anilines is 1. The minimum Gasteiger partial charge on any atom is -0.374 e. The van der Waals surface area contributed by atoms with Crippen molar-refractivity contribution in [2.24, 2.45) is 0 Å². The lowest BCUT2D eigenvalue weighted by molar-refractivity contribution is 0.0609. The van der Waals surface area contributed by atoms with E-state index in [1.807, 2.05) is 10.6 Å². The third kappa shape index (κ3) is 4.67. The molecule has 152 valence electrons. The molecule has 0 aliphatic carbocycles. The van der Waals surface area contributed by atoms with E-state index in [1.54, 1.807) is 30.6 Å². The van der Waals surface area contributed by atoms with Gasteiger partial charge in [-0.1, -0.05) is 18.2 Å². The van der Waals surface area contributed by atoms with Crippen molar-refractivity contribution >= 4 is 41.4 Å². The second-order valence-corrected chi connectivity index (χ2v) is 9.16. The van der Waals surface area contributed by atoms with Crippen molar-refractivity contribution < 1.29 is 23.8 Å². The molecule has 3 N–H and O–H groups in total. The molecule has 12 heteroatoms. The van der Waals surface area contributed by atoms with Crippen molar-refractivity contribution in [1.82, 2.24) is 19.5 Å². The zero-order chi connectivity index (χ0) is 20.4. The molecule has 1 saturated heterocycles. The molecule has 1 unspecified atom stereocenters. The van der Waals surface area contributed by atoms with Gasteiger partial charge in [0.1, 0.15) is 6.33 Å². The molecular formula is C17H18N5O5PS. The van der Waals surface area contributed by atoms with Gasteiger partial charge in [0.05, 0.1) is 31.7 Å². The number of ether oxygens (including phenoxy) is 1. The second-order valence-electron chi connectivity index (χ2n) is 6.50. The van der Waals surface area contributed by atoms with Gasteiger partial charge in [-0.2, -0.15) is 0 Å². The third-order valence-corrected chi connectivity index (χ3v) is 5.31. The molecule has 10 nitrogen and oxygen atoms in total. The van der Waals surface area contributed by atoms with Gasteiger partial charge >= 0.3 is 6.72 Å². The van der Waals surface area contributed by atoms with Gasteiger partial charge in [0.2, 0.25) is 0 Å². The average Bonchev–Trinajstić information content (AvgIpc) is 3.34. The van der Waals surface area contributed by atoms with E-state index < -0.39 is 6.72 Å². The van der Waals surface area contributed by atoms with E-state index in [-0.39, 0.29) is 24.7 Å². The van der Waals surface area contributed by atoms with Gasteiger partial charge in [0.15, 0.2) is 17.0 Å². The summed E-state index contributed by atoms with van der Waals surface area (Å²) in [5, 5.41) is 2.77. The molecule has 2 aromatic heterocycles. The first-order chi connectivity index (χ1) is 13.9. The average molecular weight is 435 g/mol. The number of rotatable bonds is 6. The van der Waals surface area contributed by atoms with Crippen LogP contribution in [-0.2, 0) is 21.1 Å². The Bertz CT molecular complexity index is 1070. The molecule has 3 heterocycles. The van der Waals surface area contributed by atoms with Crippen LogP contribution >= 0.6 is 6.72 Å². The standard InChI is InChI=1S/C17H18N5O5PS/c23-17(11-4-2-1-3-5-11)21-15-14-16(19-9-18-15)22(10-20-14)12-6-13(26-7-12)8-27-28(24,25)29/h1-5,9-10,12-13H,6-8H2,(H2,24,25,29)(H,18,19,21,23)/t12?,13-/m0/s1. The molecule has 1 amide bonds. The lowest BCUT2D eigenvalue weighted by Crippen LogP contribution is -2.14. The Morgan fingerprint density at radius 3 is 2.86 bits per heavy atom. The first-order valence-corrected chi connectivity index (χ1v) is 11.4. The highest BCUT2D eigenvalue weighted by Gasteiger charge is 2.30. The van der Waals surface area contributed by atoms with Gasteiger partial charge in [-0.25, -0.2) is 15.0 Å². The maximum Gasteiger partial charge on any atom is 0.321 e. The van der Waals surface area contributed by atoms with E-state index in [2.05, 4.69) is 32.1 Å². The van der Waals surface area contributed by atoms with Crippen LogP contribution in [0.5, 0.6) is 0 Å². The van der Waals surface area contributed by atoms with Crippen molar-refractivity contribution in [1.29, 1.82) is 0 Å². The number of hydrogen-bond donors (Lipinski definition) is 3. The van der Waals surface area contributed by atoms with Crippen LogP contribution in [-0.4, -0.2) is 54.5 Å². The van der Waals surface area contributed by atoms with Crippen molar-refractivity contribution in [3.05, 3.63) is 48.5 Å². The van der Waals surface area contributed by atoms with Crippen molar-refractivity contribution in [3.8, 4) is 0 Å². The van der Waals surface area contributed by atoms with Gasteiger partial charge in [-0.3, -0.25) is 4.79 Å². The van der Waals surface area contributed by atoms with Crippen LogP contribution in [0.15, 0.2) is 43.0 Å². The number of nitrogens with zero attached hydrogens (tertiary/aromatic N) is 4. The molecule has 1 aromatic carbocycles. The summed E-state index contributed by atoms with van der Waals surface area (Å²) in [5.74, 6) is 0.0351. The first-order valence-electron chi connectivity index (χ1n) is 8.76. The van der Waals surface area contributed by atoms with Gasteiger partial charge in [0.25, 0.3) is 5.91 Å². The Morgan fingerprint density at radius 2 is 2.10 bits per heavy atom. The monoisotopic (exact) mass is 435 g/mol. The van der Waals surface area contributed by atoms with E-state index in [1.165, 1.54) is 6.33 Å². The molecule has 2 atom stereocenters. The minimum absolute atomic E-state index is 0.000768. The highest BCUT2D eigenvalue weighted by molar-refractivity contribution is 8.06. The Kier molecular flexibility index (Phi) is 5.68. The zero-order valence-electron chi connectivity index (χ0n) is 15.1. The molecule has 1 aliphatic heterocycles. The molecule has 0 spiro atoms. The smallest absolute Gasteiger partial charge is 0.321 e. The predicted octanol–water partition coefficient (Wildman–Crippen LogP) is 1.63. The number of carbonyl (C=O) groups is 1. The molecular weight excluding hydrogens is 417 g/mol. The van der Waals surface area contributed by atoms with E-state index in [4.69, 9.17) is 9.26 Å². The zero-order valence-corrected chi connectivity index (χ0v) is 16.8. The van der Waals surface area contributed by atoms with Crippen LogP contribution in [0.25, 0.3) is 11.2 Å². The SMILES string of the molecule is O=C(Nc1ncnc2c1ncn2C1CO[C@H](COP(O)(O)=S)C1)c1ccccc1.